The van der Waals surface area contributed by atoms with E-state index in [1.807, 2.05) is 54.6 Å². The second kappa shape index (κ2) is 7.44. The Morgan fingerprint density at radius 1 is 0.821 bits per heavy atom. The molecule has 0 N–H and O–H groups in total. The van der Waals surface area contributed by atoms with E-state index in [0.717, 1.165) is 21.9 Å². The van der Waals surface area contributed by atoms with Gasteiger partial charge in [-0.1, -0.05) is 54.6 Å². The van der Waals surface area contributed by atoms with E-state index in [2.05, 4.69) is 15.0 Å². The molecule has 0 radical (unpaired) electrons. The Hall–Kier alpha value is -3.80. The average Bonchev–Trinajstić information content (AvgIpc) is 2.78. The Labute approximate surface area is 161 Å². The van der Waals surface area contributed by atoms with Gasteiger partial charge in [-0.3, -0.25) is 0 Å². The van der Waals surface area contributed by atoms with Gasteiger partial charge in [0.15, 0.2) is 5.69 Å². The van der Waals surface area contributed by atoms with Gasteiger partial charge in [-0.2, -0.15) is 0 Å². The number of rotatable bonds is 4. The zero-order valence-electron chi connectivity index (χ0n) is 15.4. The van der Waals surface area contributed by atoms with Crippen molar-refractivity contribution in [3.63, 3.8) is 0 Å². The molecule has 0 bridgehead atoms. The summed E-state index contributed by atoms with van der Waals surface area (Å²) in [5, 5.41) is 1.79. The summed E-state index contributed by atoms with van der Waals surface area (Å²) in [5.41, 5.74) is 3.17. The van der Waals surface area contributed by atoms with Gasteiger partial charge in [0.25, 0.3) is 0 Å². The SMILES string of the molecule is COC(=O)c1nc(-c2cnc(OC)nc2)c2ccccc2c1-c1ccccc1. The lowest BCUT2D eigenvalue weighted by atomic mass is 9.94. The Morgan fingerprint density at radius 2 is 1.46 bits per heavy atom. The summed E-state index contributed by atoms with van der Waals surface area (Å²) < 4.78 is 10.1. The zero-order valence-corrected chi connectivity index (χ0v) is 15.4. The number of nitrogens with zero attached hydrogens (tertiary/aromatic N) is 3. The van der Waals surface area contributed by atoms with Crippen molar-refractivity contribution in [1.82, 2.24) is 15.0 Å². The second-order valence-corrected chi connectivity index (χ2v) is 6.05. The summed E-state index contributed by atoms with van der Waals surface area (Å²) >= 11 is 0. The highest BCUT2D eigenvalue weighted by Gasteiger charge is 2.22. The molecule has 138 valence electrons. The van der Waals surface area contributed by atoms with Gasteiger partial charge in [-0.05, 0) is 10.9 Å². The molecule has 4 aromatic rings. The minimum absolute atomic E-state index is 0.248. The van der Waals surface area contributed by atoms with Crippen LogP contribution in [0.5, 0.6) is 6.01 Å². The highest BCUT2D eigenvalue weighted by atomic mass is 16.5. The van der Waals surface area contributed by atoms with Crippen molar-refractivity contribution in [3.8, 4) is 28.4 Å². The van der Waals surface area contributed by atoms with Crippen molar-refractivity contribution in [2.75, 3.05) is 14.2 Å². The summed E-state index contributed by atoms with van der Waals surface area (Å²) in [7, 11) is 2.86. The van der Waals surface area contributed by atoms with Crippen LogP contribution >= 0.6 is 0 Å². The summed E-state index contributed by atoms with van der Waals surface area (Å²) in [6, 6.07) is 17.8. The van der Waals surface area contributed by atoms with Crippen molar-refractivity contribution < 1.29 is 14.3 Å². The van der Waals surface area contributed by atoms with Gasteiger partial charge in [0.05, 0.1) is 19.9 Å². The number of pyridine rings is 1. The third-order valence-electron chi connectivity index (χ3n) is 4.44. The predicted octanol–water partition coefficient (Wildman–Crippen LogP) is 4.15. The summed E-state index contributed by atoms with van der Waals surface area (Å²) in [6.45, 7) is 0. The Kier molecular flexibility index (Phi) is 4.68. The molecule has 0 amide bonds. The normalized spacial score (nSPS) is 10.6. The lowest BCUT2D eigenvalue weighted by Crippen LogP contribution is -2.09. The van der Waals surface area contributed by atoms with Gasteiger partial charge in [-0.25, -0.2) is 19.7 Å². The van der Waals surface area contributed by atoms with Gasteiger partial charge < -0.3 is 9.47 Å². The van der Waals surface area contributed by atoms with Crippen molar-refractivity contribution >= 4 is 16.7 Å². The number of methoxy groups -OCH3 is 2. The summed E-state index contributed by atoms with van der Waals surface area (Å²) in [6.07, 6.45) is 3.26. The lowest BCUT2D eigenvalue weighted by molar-refractivity contribution is 0.0595. The van der Waals surface area contributed by atoms with E-state index in [4.69, 9.17) is 9.47 Å². The predicted molar refractivity (Wildman–Crippen MR) is 106 cm³/mol. The highest BCUT2D eigenvalue weighted by molar-refractivity contribution is 6.10. The maximum atomic E-state index is 12.6. The van der Waals surface area contributed by atoms with Crippen molar-refractivity contribution in [2.45, 2.75) is 0 Å². The fraction of sp³-hybridized carbons (Fsp3) is 0.0909. The number of aromatic nitrogens is 3. The molecular formula is C22H17N3O3. The maximum absolute atomic E-state index is 12.6. The maximum Gasteiger partial charge on any atom is 0.357 e. The van der Waals surface area contributed by atoms with E-state index in [0.29, 0.717) is 11.3 Å². The number of fused-ring (bicyclic) bond motifs is 1. The van der Waals surface area contributed by atoms with Crippen LogP contribution in [0.15, 0.2) is 67.0 Å². The van der Waals surface area contributed by atoms with Crippen molar-refractivity contribution in [3.05, 3.63) is 72.7 Å². The molecule has 6 nitrogen and oxygen atoms in total. The fourth-order valence-corrected chi connectivity index (χ4v) is 3.17. The van der Waals surface area contributed by atoms with Crippen LogP contribution in [0.25, 0.3) is 33.2 Å². The molecule has 6 heteroatoms. The minimum atomic E-state index is -0.500. The molecule has 0 aliphatic rings. The van der Waals surface area contributed by atoms with Crippen molar-refractivity contribution in [1.29, 1.82) is 0 Å². The second-order valence-electron chi connectivity index (χ2n) is 6.05. The largest absolute Gasteiger partial charge is 0.467 e. The quantitative estimate of drug-likeness (QED) is 0.502. The number of ether oxygens (including phenoxy) is 2. The van der Waals surface area contributed by atoms with E-state index in [1.165, 1.54) is 14.2 Å². The van der Waals surface area contributed by atoms with Crippen LogP contribution in [-0.2, 0) is 4.74 Å². The first-order valence-corrected chi connectivity index (χ1v) is 8.66. The number of carbonyl (C=O) groups is 1. The Morgan fingerprint density at radius 3 is 2.11 bits per heavy atom. The van der Waals surface area contributed by atoms with Crippen LogP contribution in [-0.4, -0.2) is 35.1 Å². The fourth-order valence-electron chi connectivity index (χ4n) is 3.17. The molecule has 0 saturated carbocycles. The number of hydrogen-bond donors (Lipinski definition) is 0. The standard InChI is InChI=1S/C22H17N3O3/c1-27-21(26)20-18(14-8-4-3-5-9-14)16-10-6-7-11-17(16)19(25-20)15-12-23-22(28-2)24-13-15/h3-13H,1-2H3. The molecule has 0 aliphatic heterocycles. The molecule has 2 aromatic heterocycles. The summed E-state index contributed by atoms with van der Waals surface area (Å²) in [4.78, 5) is 25.6. The topological polar surface area (TPSA) is 74.2 Å². The third-order valence-corrected chi connectivity index (χ3v) is 4.44. The van der Waals surface area contributed by atoms with Gasteiger partial charge in [0.2, 0.25) is 0 Å². The Balaban J connectivity index is 2.06. The van der Waals surface area contributed by atoms with Gasteiger partial charge in [-0.15, -0.1) is 0 Å². The Bertz CT molecular complexity index is 1140. The van der Waals surface area contributed by atoms with Gasteiger partial charge in [0, 0.05) is 28.9 Å². The minimum Gasteiger partial charge on any atom is -0.467 e. The molecule has 0 fully saturated rings. The van der Waals surface area contributed by atoms with Gasteiger partial charge >= 0.3 is 12.0 Å². The first-order valence-electron chi connectivity index (χ1n) is 8.66. The van der Waals surface area contributed by atoms with Crippen molar-refractivity contribution in [2.24, 2.45) is 0 Å². The van der Waals surface area contributed by atoms with Crippen LogP contribution in [0.4, 0.5) is 0 Å². The number of carbonyl (C=O) groups excluding carboxylic acids is 1. The van der Waals surface area contributed by atoms with E-state index < -0.39 is 5.97 Å². The molecule has 0 aliphatic carbocycles. The zero-order chi connectivity index (χ0) is 19.5. The molecule has 0 spiro atoms. The first kappa shape index (κ1) is 17.6. The number of hydrogen-bond acceptors (Lipinski definition) is 6. The van der Waals surface area contributed by atoms with Crippen LogP contribution in [0, 0.1) is 0 Å². The molecule has 2 heterocycles. The lowest BCUT2D eigenvalue weighted by Gasteiger charge is -2.15. The first-order chi connectivity index (χ1) is 13.7. The third kappa shape index (κ3) is 3.05. The highest BCUT2D eigenvalue weighted by Crippen LogP contribution is 2.36. The van der Waals surface area contributed by atoms with E-state index >= 15 is 0 Å². The average molecular weight is 371 g/mol. The smallest absolute Gasteiger partial charge is 0.357 e. The molecule has 2 aromatic carbocycles. The van der Waals surface area contributed by atoms with Crippen LogP contribution in [0.3, 0.4) is 0 Å². The van der Waals surface area contributed by atoms with E-state index in [9.17, 15) is 4.79 Å². The molecule has 0 atom stereocenters. The van der Waals surface area contributed by atoms with Gasteiger partial charge in [0.1, 0.15) is 0 Å². The van der Waals surface area contributed by atoms with E-state index in [-0.39, 0.29) is 11.7 Å². The molecular weight excluding hydrogens is 354 g/mol. The van der Waals surface area contributed by atoms with Crippen LogP contribution < -0.4 is 4.74 Å². The molecule has 28 heavy (non-hydrogen) atoms. The number of esters is 1. The van der Waals surface area contributed by atoms with Crippen LogP contribution in [0.2, 0.25) is 0 Å². The van der Waals surface area contributed by atoms with Crippen LogP contribution in [0.1, 0.15) is 10.5 Å². The summed E-state index contributed by atoms with van der Waals surface area (Å²) in [5.74, 6) is -0.500. The molecule has 4 rings (SSSR count). The number of benzene rings is 2. The monoisotopic (exact) mass is 371 g/mol. The molecule has 0 saturated heterocycles. The molecule has 0 unspecified atom stereocenters. The van der Waals surface area contributed by atoms with E-state index in [1.54, 1.807) is 12.4 Å².